The third-order valence-electron chi connectivity index (χ3n) is 1.90. The Kier molecular flexibility index (Phi) is 2.54. The molecule has 2 aromatic rings. The van der Waals surface area contributed by atoms with Gasteiger partial charge in [-0.3, -0.25) is 0 Å². The minimum atomic E-state index is 0.471. The number of benzene rings is 1. The summed E-state index contributed by atoms with van der Waals surface area (Å²) in [6.07, 6.45) is 0. The number of rotatable bonds is 2. The normalized spacial score (nSPS) is 10.4. The van der Waals surface area contributed by atoms with Gasteiger partial charge in [0.1, 0.15) is 0 Å². The molecular weight excluding hydrogens is 196 g/mol. The van der Waals surface area contributed by atoms with Crippen molar-refractivity contribution in [2.24, 2.45) is 0 Å². The van der Waals surface area contributed by atoms with E-state index in [2.05, 4.69) is 22.8 Å². The largest absolute Gasteiger partial charge is 0.420 e. The van der Waals surface area contributed by atoms with E-state index in [1.165, 1.54) is 5.56 Å². The van der Waals surface area contributed by atoms with Crippen LogP contribution < -0.4 is 0 Å². The zero-order chi connectivity index (χ0) is 9.97. The molecule has 2 rings (SSSR count). The molecule has 0 aliphatic heterocycles. The lowest BCUT2D eigenvalue weighted by molar-refractivity contribution is 0.529. The molecule has 1 heterocycles. The number of aryl methyl sites for hydroxylation is 1. The number of thiol groups is 1. The summed E-state index contributed by atoms with van der Waals surface area (Å²) in [5.41, 5.74) is 2.15. The van der Waals surface area contributed by atoms with E-state index in [1.807, 2.05) is 31.2 Å². The van der Waals surface area contributed by atoms with E-state index in [1.54, 1.807) is 0 Å². The molecule has 1 aromatic carbocycles. The highest BCUT2D eigenvalue weighted by molar-refractivity contribution is 7.79. The van der Waals surface area contributed by atoms with Gasteiger partial charge in [0.2, 0.25) is 11.8 Å². The Bertz CT molecular complexity index is 422. The SMILES string of the molecule is Cc1ccc(-c2nnc(CS)o2)cc1. The standard InChI is InChI=1S/C10H10N2OS/c1-7-2-4-8(5-3-7)10-12-11-9(6-14)13-10/h2-5,14H,6H2,1H3. The van der Waals surface area contributed by atoms with E-state index < -0.39 is 0 Å². The summed E-state index contributed by atoms with van der Waals surface area (Å²) < 4.78 is 5.36. The predicted octanol–water partition coefficient (Wildman–Crippen LogP) is 2.47. The Morgan fingerprint density at radius 1 is 1.21 bits per heavy atom. The van der Waals surface area contributed by atoms with Crippen LogP contribution in [0, 0.1) is 6.92 Å². The van der Waals surface area contributed by atoms with Gasteiger partial charge in [-0.2, -0.15) is 12.6 Å². The summed E-state index contributed by atoms with van der Waals surface area (Å²) in [7, 11) is 0. The third kappa shape index (κ3) is 1.80. The minimum Gasteiger partial charge on any atom is -0.420 e. The van der Waals surface area contributed by atoms with Gasteiger partial charge in [-0.1, -0.05) is 17.7 Å². The average Bonchev–Trinajstić information content (AvgIpc) is 2.67. The quantitative estimate of drug-likeness (QED) is 0.767. The highest BCUT2D eigenvalue weighted by atomic mass is 32.1. The van der Waals surface area contributed by atoms with Crippen molar-refractivity contribution in [2.45, 2.75) is 12.7 Å². The molecule has 0 aliphatic carbocycles. The van der Waals surface area contributed by atoms with E-state index in [-0.39, 0.29) is 0 Å². The summed E-state index contributed by atoms with van der Waals surface area (Å²) in [4.78, 5) is 0. The molecule has 0 fully saturated rings. The zero-order valence-corrected chi connectivity index (χ0v) is 8.66. The van der Waals surface area contributed by atoms with Crippen molar-refractivity contribution in [1.82, 2.24) is 10.2 Å². The third-order valence-corrected chi connectivity index (χ3v) is 2.17. The van der Waals surface area contributed by atoms with Crippen LogP contribution in [0.25, 0.3) is 11.5 Å². The highest BCUT2D eigenvalue weighted by Crippen LogP contribution is 2.18. The highest BCUT2D eigenvalue weighted by Gasteiger charge is 2.06. The molecule has 0 unspecified atom stereocenters. The smallest absolute Gasteiger partial charge is 0.247 e. The Labute approximate surface area is 87.6 Å². The molecule has 0 saturated heterocycles. The summed E-state index contributed by atoms with van der Waals surface area (Å²) in [5, 5.41) is 7.76. The van der Waals surface area contributed by atoms with Crippen LogP contribution in [0.3, 0.4) is 0 Å². The van der Waals surface area contributed by atoms with Gasteiger partial charge in [-0.05, 0) is 19.1 Å². The molecule has 4 heteroatoms. The molecule has 0 atom stereocenters. The van der Waals surface area contributed by atoms with Crippen LogP contribution in [0.2, 0.25) is 0 Å². The molecule has 0 saturated carbocycles. The van der Waals surface area contributed by atoms with Crippen molar-refractivity contribution in [3.63, 3.8) is 0 Å². The van der Waals surface area contributed by atoms with Crippen molar-refractivity contribution < 1.29 is 4.42 Å². The Hall–Kier alpha value is -1.29. The first-order valence-corrected chi connectivity index (χ1v) is 4.93. The van der Waals surface area contributed by atoms with Gasteiger partial charge in [0.15, 0.2) is 0 Å². The van der Waals surface area contributed by atoms with Crippen molar-refractivity contribution in [3.8, 4) is 11.5 Å². The van der Waals surface area contributed by atoms with Gasteiger partial charge in [0.05, 0.1) is 5.75 Å². The molecular formula is C10H10N2OS. The van der Waals surface area contributed by atoms with E-state index in [9.17, 15) is 0 Å². The van der Waals surface area contributed by atoms with Gasteiger partial charge >= 0.3 is 0 Å². The van der Waals surface area contributed by atoms with Crippen molar-refractivity contribution in [2.75, 3.05) is 0 Å². The lowest BCUT2D eigenvalue weighted by atomic mass is 10.1. The molecule has 3 nitrogen and oxygen atoms in total. The number of nitrogens with zero attached hydrogens (tertiary/aromatic N) is 2. The molecule has 1 aromatic heterocycles. The van der Waals surface area contributed by atoms with E-state index in [0.717, 1.165) is 5.56 Å². The zero-order valence-electron chi connectivity index (χ0n) is 7.77. The van der Waals surface area contributed by atoms with Crippen LogP contribution >= 0.6 is 12.6 Å². The molecule has 0 N–H and O–H groups in total. The maximum absolute atomic E-state index is 5.36. The number of aromatic nitrogens is 2. The summed E-state index contributed by atoms with van der Waals surface area (Å²) in [5.74, 6) is 1.57. The van der Waals surface area contributed by atoms with Gasteiger partial charge in [-0.25, -0.2) is 0 Å². The molecule has 0 radical (unpaired) electrons. The molecule has 14 heavy (non-hydrogen) atoms. The first-order chi connectivity index (χ1) is 6.79. The second-order valence-corrected chi connectivity index (χ2v) is 3.34. The van der Waals surface area contributed by atoms with Crippen LogP contribution in [-0.4, -0.2) is 10.2 Å². The molecule has 0 spiro atoms. The lowest BCUT2D eigenvalue weighted by Gasteiger charge is -1.94. The van der Waals surface area contributed by atoms with Crippen molar-refractivity contribution in [3.05, 3.63) is 35.7 Å². The van der Waals surface area contributed by atoms with Crippen LogP contribution in [0.1, 0.15) is 11.5 Å². The monoisotopic (exact) mass is 206 g/mol. The molecule has 0 aliphatic rings. The predicted molar refractivity (Wildman–Crippen MR) is 57.2 cm³/mol. The Morgan fingerprint density at radius 2 is 1.93 bits per heavy atom. The van der Waals surface area contributed by atoms with Gasteiger partial charge in [0, 0.05) is 5.56 Å². The van der Waals surface area contributed by atoms with Gasteiger partial charge in [-0.15, -0.1) is 10.2 Å². The summed E-state index contributed by atoms with van der Waals surface area (Å²) in [6.45, 7) is 2.04. The first-order valence-electron chi connectivity index (χ1n) is 4.30. The van der Waals surface area contributed by atoms with Crippen molar-refractivity contribution in [1.29, 1.82) is 0 Å². The van der Waals surface area contributed by atoms with Crippen molar-refractivity contribution >= 4 is 12.6 Å². The van der Waals surface area contributed by atoms with Gasteiger partial charge < -0.3 is 4.42 Å². The average molecular weight is 206 g/mol. The maximum atomic E-state index is 5.36. The minimum absolute atomic E-state index is 0.471. The maximum Gasteiger partial charge on any atom is 0.247 e. The topological polar surface area (TPSA) is 38.9 Å². The Balaban J connectivity index is 2.34. The number of hydrogen-bond acceptors (Lipinski definition) is 4. The van der Waals surface area contributed by atoms with E-state index in [0.29, 0.717) is 17.5 Å². The molecule has 0 bridgehead atoms. The van der Waals surface area contributed by atoms with Crippen LogP contribution in [0.15, 0.2) is 28.7 Å². The van der Waals surface area contributed by atoms with Crippen LogP contribution in [-0.2, 0) is 5.75 Å². The fraction of sp³-hybridized carbons (Fsp3) is 0.200. The summed E-state index contributed by atoms with van der Waals surface area (Å²) >= 11 is 4.06. The van der Waals surface area contributed by atoms with Crippen LogP contribution in [0.5, 0.6) is 0 Å². The molecule has 72 valence electrons. The lowest BCUT2D eigenvalue weighted by Crippen LogP contribution is -1.78. The Morgan fingerprint density at radius 3 is 2.50 bits per heavy atom. The number of hydrogen-bond donors (Lipinski definition) is 1. The fourth-order valence-corrected chi connectivity index (χ4v) is 1.26. The second kappa shape index (κ2) is 3.84. The van der Waals surface area contributed by atoms with E-state index in [4.69, 9.17) is 4.42 Å². The van der Waals surface area contributed by atoms with Crippen LogP contribution in [0.4, 0.5) is 0 Å². The first kappa shape index (κ1) is 9.27. The fourth-order valence-electron chi connectivity index (χ4n) is 1.13. The van der Waals surface area contributed by atoms with Gasteiger partial charge in [0.25, 0.3) is 0 Å². The van der Waals surface area contributed by atoms with E-state index >= 15 is 0 Å². The second-order valence-electron chi connectivity index (χ2n) is 3.03. The molecule has 0 amide bonds. The summed E-state index contributed by atoms with van der Waals surface area (Å²) in [6, 6.07) is 7.95.